The number of aromatic nitrogens is 1. The molecule has 0 aromatic carbocycles. The van der Waals surface area contributed by atoms with Gasteiger partial charge in [0, 0.05) is 6.07 Å². The SMILES string of the molecule is OB(O)Oc1cc(F)cnc1Cl. The van der Waals surface area contributed by atoms with Crippen molar-refractivity contribution >= 4 is 18.9 Å². The molecule has 0 unspecified atom stereocenters. The highest BCUT2D eigenvalue weighted by atomic mass is 35.5. The molecule has 0 fully saturated rings. The lowest BCUT2D eigenvalue weighted by Gasteiger charge is -2.04. The maximum atomic E-state index is 12.4. The Labute approximate surface area is 72.7 Å². The molecular formula is C5H4BClFNO3. The van der Waals surface area contributed by atoms with Crippen molar-refractivity contribution in [3.63, 3.8) is 0 Å². The molecule has 0 aliphatic heterocycles. The summed E-state index contributed by atoms with van der Waals surface area (Å²) in [4.78, 5) is 3.37. The third-order valence-electron chi connectivity index (χ3n) is 1.01. The van der Waals surface area contributed by atoms with Crippen molar-refractivity contribution in [2.45, 2.75) is 0 Å². The van der Waals surface area contributed by atoms with Crippen molar-refractivity contribution in [3.05, 3.63) is 23.2 Å². The maximum Gasteiger partial charge on any atom is 0.707 e. The van der Waals surface area contributed by atoms with Gasteiger partial charge >= 0.3 is 7.32 Å². The van der Waals surface area contributed by atoms with Crippen molar-refractivity contribution in [1.29, 1.82) is 0 Å². The Morgan fingerprint density at radius 1 is 1.58 bits per heavy atom. The average molecular weight is 191 g/mol. The number of nitrogens with zero attached hydrogens (tertiary/aromatic N) is 1. The molecule has 0 aliphatic carbocycles. The minimum Gasteiger partial charge on any atom is -0.509 e. The Kier molecular flexibility index (Phi) is 2.85. The number of pyridine rings is 1. The predicted molar refractivity (Wildman–Crippen MR) is 40.0 cm³/mol. The molecule has 1 aromatic heterocycles. The summed E-state index contributed by atoms with van der Waals surface area (Å²) < 4.78 is 16.7. The summed E-state index contributed by atoms with van der Waals surface area (Å²) in [6.45, 7) is 0. The number of hydrogen-bond donors (Lipinski definition) is 2. The van der Waals surface area contributed by atoms with Gasteiger partial charge in [-0.1, -0.05) is 11.6 Å². The molecule has 0 aliphatic rings. The van der Waals surface area contributed by atoms with E-state index in [0.29, 0.717) is 0 Å². The molecular weight excluding hydrogens is 187 g/mol. The van der Waals surface area contributed by atoms with E-state index >= 15 is 0 Å². The van der Waals surface area contributed by atoms with Gasteiger partial charge in [0.1, 0.15) is 11.6 Å². The molecule has 2 N–H and O–H groups in total. The highest BCUT2D eigenvalue weighted by Gasteiger charge is 2.14. The Hall–Kier alpha value is -0.845. The fourth-order valence-corrected chi connectivity index (χ4v) is 0.748. The van der Waals surface area contributed by atoms with Crippen LogP contribution in [-0.4, -0.2) is 22.4 Å². The van der Waals surface area contributed by atoms with E-state index in [2.05, 4.69) is 9.64 Å². The molecule has 0 saturated carbocycles. The van der Waals surface area contributed by atoms with Crippen molar-refractivity contribution < 1.29 is 19.1 Å². The van der Waals surface area contributed by atoms with E-state index in [1.807, 2.05) is 0 Å². The summed E-state index contributed by atoms with van der Waals surface area (Å²) in [5.74, 6) is -0.887. The van der Waals surface area contributed by atoms with Gasteiger partial charge < -0.3 is 14.7 Å². The molecule has 1 heterocycles. The Bertz CT molecular complexity index is 285. The van der Waals surface area contributed by atoms with Crippen LogP contribution < -0.4 is 4.65 Å². The molecule has 7 heteroatoms. The second kappa shape index (κ2) is 3.71. The molecule has 1 rings (SSSR count). The summed E-state index contributed by atoms with van der Waals surface area (Å²) in [6, 6.07) is 0.898. The first-order chi connectivity index (χ1) is 5.59. The molecule has 0 saturated heterocycles. The van der Waals surface area contributed by atoms with Gasteiger partial charge in [0.15, 0.2) is 5.15 Å². The molecule has 64 valence electrons. The fourth-order valence-electron chi connectivity index (χ4n) is 0.600. The van der Waals surface area contributed by atoms with Crippen LogP contribution >= 0.6 is 11.6 Å². The van der Waals surface area contributed by atoms with E-state index in [9.17, 15) is 4.39 Å². The topological polar surface area (TPSA) is 62.6 Å². The van der Waals surface area contributed by atoms with Crippen LogP contribution in [0.15, 0.2) is 12.3 Å². The van der Waals surface area contributed by atoms with E-state index in [1.165, 1.54) is 0 Å². The van der Waals surface area contributed by atoms with E-state index in [1.54, 1.807) is 0 Å². The Morgan fingerprint density at radius 2 is 2.25 bits per heavy atom. The van der Waals surface area contributed by atoms with Crippen molar-refractivity contribution in [2.75, 3.05) is 0 Å². The van der Waals surface area contributed by atoms with Crippen molar-refractivity contribution in [2.24, 2.45) is 0 Å². The van der Waals surface area contributed by atoms with Gasteiger partial charge in [-0.2, -0.15) is 0 Å². The smallest absolute Gasteiger partial charge is 0.509 e. The minimum absolute atomic E-state index is 0.135. The van der Waals surface area contributed by atoms with Crippen LogP contribution in [0.2, 0.25) is 5.15 Å². The Balaban J connectivity index is 2.90. The summed E-state index contributed by atoms with van der Waals surface area (Å²) in [7, 11) is -2.04. The third kappa shape index (κ3) is 2.33. The largest absolute Gasteiger partial charge is 0.707 e. The molecule has 0 bridgehead atoms. The molecule has 12 heavy (non-hydrogen) atoms. The monoisotopic (exact) mass is 191 g/mol. The van der Waals surface area contributed by atoms with E-state index in [-0.39, 0.29) is 10.9 Å². The van der Waals surface area contributed by atoms with Gasteiger partial charge in [-0.05, 0) is 0 Å². The van der Waals surface area contributed by atoms with Crippen LogP contribution in [0.5, 0.6) is 5.75 Å². The average Bonchev–Trinajstić information content (AvgIpc) is 1.96. The lowest BCUT2D eigenvalue weighted by Crippen LogP contribution is -2.20. The first kappa shape index (κ1) is 9.24. The zero-order chi connectivity index (χ0) is 9.14. The highest BCUT2D eigenvalue weighted by Crippen LogP contribution is 2.21. The van der Waals surface area contributed by atoms with Crippen molar-refractivity contribution in [1.82, 2.24) is 4.98 Å². The number of halogens is 2. The van der Waals surface area contributed by atoms with Gasteiger partial charge in [-0.15, -0.1) is 0 Å². The van der Waals surface area contributed by atoms with Gasteiger partial charge in [0.25, 0.3) is 0 Å². The Morgan fingerprint density at radius 3 is 2.83 bits per heavy atom. The van der Waals surface area contributed by atoms with Crippen LogP contribution in [0.3, 0.4) is 0 Å². The number of hydrogen-bond acceptors (Lipinski definition) is 4. The third-order valence-corrected chi connectivity index (χ3v) is 1.29. The van der Waals surface area contributed by atoms with Gasteiger partial charge in [-0.3, -0.25) is 0 Å². The van der Waals surface area contributed by atoms with Gasteiger partial charge in [0.2, 0.25) is 0 Å². The van der Waals surface area contributed by atoms with Crippen LogP contribution in [0.25, 0.3) is 0 Å². The molecule has 0 amide bonds. The van der Waals surface area contributed by atoms with E-state index in [4.69, 9.17) is 21.6 Å². The van der Waals surface area contributed by atoms with Crippen LogP contribution in [0, 0.1) is 5.82 Å². The summed E-state index contributed by atoms with van der Waals surface area (Å²) in [5.41, 5.74) is 0. The zero-order valence-electron chi connectivity index (χ0n) is 5.74. The first-order valence-corrected chi connectivity index (χ1v) is 3.31. The van der Waals surface area contributed by atoms with Crippen LogP contribution in [0.1, 0.15) is 0 Å². The van der Waals surface area contributed by atoms with E-state index in [0.717, 1.165) is 12.3 Å². The lowest BCUT2D eigenvalue weighted by atomic mass is 10.2. The summed E-state index contributed by atoms with van der Waals surface area (Å²) in [6.07, 6.45) is 0.888. The zero-order valence-corrected chi connectivity index (χ0v) is 6.49. The molecule has 4 nitrogen and oxygen atoms in total. The molecule has 0 spiro atoms. The van der Waals surface area contributed by atoms with Crippen LogP contribution in [0.4, 0.5) is 4.39 Å². The van der Waals surface area contributed by atoms with Crippen LogP contribution in [-0.2, 0) is 0 Å². The van der Waals surface area contributed by atoms with Crippen molar-refractivity contribution in [3.8, 4) is 5.75 Å². The summed E-state index contributed by atoms with van der Waals surface area (Å²) in [5, 5.41) is 16.6. The highest BCUT2D eigenvalue weighted by molar-refractivity contribution is 6.35. The quantitative estimate of drug-likeness (QED) is 0.519. The standard InChI is InChI=1S/C5H4BClFNO3/c7-5-4(12-6(10)11)1-3(8)2-9-5/h1-2,10-11H. The maximum absolute atomic E-state index is 12.4. The van der Waals surface area contributed by atoms with E-state index < -0.39 is 13.1 Å². The normalized spacial score (nSPS) is 9.67. The second-order valence-corrected chi connectivity index (χ2v) is 2.24. The second-order valence-electron chi connectivity index (χ2n) is 1.89. The van der Waals surface area contributed by atoms with Gasteiger partial charge in [0.05, 0.1) is 6.20 Å². The van der Waals surface area contributed by atoms with Gasteiger partial charge in [-0.25, -0.2) is 9.37 Å². The molecule has 1 aromatic rings. The number of rotatable bonds is 2. The summed E-state index contributed by atoms with van der Waals surface area (Å²) >= 11 is 5.42. The minimum atomic E-state index is -2.04. The molecule has 0 radical (unpaired) electrons. The lowest BCUT2D eigenvalue weighted by molar-refractivity contribution is 0.287. The molecule has 0 atom stereocenters. The predicted octanol–water partition coefficient (Wildman–Crippen LogP) is 0.222. The first-order valence-electron chi connectivity index (χ1n) is 2.93. The fraction of sp³-hybridized carbons (Fsp3) is 0.